The van der Waals surface area contributed by atoms with Gasteiger partial charge in [0, 0.05) is 37.3 Å². The van der Waals surface area contributed by atoms with Crippen molar-refractivity contribution in [1.82, 2.24) is 10.2 Å². The van der Waals surface area contributed by atoms with Gasteiger partial charge in [-0.25, -0.2) is 0 Å². The normalized spacial score (nSPS) is 26.2. The number of nitrogens with zero attached hydrogens (tertiary/aromatic N) is 1. The molecule has 0 aromatic heterocycles. The van der Waals surface area contributed by atoms with Crippen LogP contribution in [0.2, 0.25) is 0 Å². The second kappa shape index (κ2) is 8.15. The van der Waals surface area contributed by atoms with Gasteiger partial charge < -0.3 is 10.2 Å². The Labute approximate surface area is 121 Å². The van der Waals surface area contributed by atoms with Crippen LogP contribution in [0.15, 0.2) is 0 Å². The summed E-state index contributed by atoms with van der Waals surface area (Å²) in [7, 11) is 0. The third-order valence-electron chi connectivity index (χ3n) is 4.16. The molecule has 0 radical (unpaired) electrons. The summed E-state index contributed by atoms with van der Waals surface area (Å²) in [6.07, 6.45) is 8.31. The second-order valence-corrected chi connectivity index (χ2v) is 7.35. The molecule has 0 aromatic rings. The van der Waals surface area contributed by atoms with Crippen molar-refractivity contribution in [1.29, 1.82) is 0 Å². The summed E-state index contributed by atoms with van der Waals surface area (Å²) in [6.45, 7) is 5.17. The number of thioether (sulfide) groups is 1. The van der Waals surface area contributed by atoms with E-state index in [1.807, 2.05) is 0 Å². The zero-order valence-electron chi connectivity index (χ0n) is 12.2. The highest BCUT2D eigenvalue weighted by Crippen LogP contribution is 2.25. The first kappa shape index (κ1) is 15.2. The molecule has 2 aliphatic rings. The predicted octanol–water partition coefficient (Wildman–Crippen LogP) is 2.65. The van der Waals surface area contributed by atoms with Crippen LogP contribution in [0.3, 0.4) is 0 Å². The molecule has 4 heteroatoms. The van der Waals surface area contributed by atoms with E-state index in [1.54, 1.807) is 0 Å². The molecule has 0 aliphatic carbocycles. The van der Waals surface area contributed by atoms with Crippen LogP contribution in [0.1, 0.15) is 51.9 Å². The Morgan fingerprint density at radius 1 is 1.26 bits per heavy atom. The number of likely N-dealkylation sites (tertiary alicyclic amines) is 1. The minimum absolute atomic E-state index is 0.317. The molecule has 0 saturated carbocycles. The molecule has 110 valence electrons. The van der Waals surface area contributed by atoms with Crippen LogP contribution in [0.5, 0.6) is 0 Å². The van der Waals surface area contributed by atoms with Gasteiger partial charge in [-0.15, -0.1) is 0 Å². The SMILES string of the molecule is C[C@@H](CC(=O)N1CCCCCC1)NC[C@H]1CCCS1. The lowest BCUT2D eigenvalue weighted by Crippen LogP contribution is -2.39. The number of carbonyl (C=O) groups is 1. The Kier molecular flexibility index (Phi) is 6.51. The molecule has 2 fully saturated rings. The zero-order chi connectivity index (χ0) is 13.5. The first-order chi connectivity index (χ1) is 9.25. The van der Waals surface area contributed by atoms with E-state index in [-0.39, 0.29) is 0 Å². The number of amides is 1. The van der Waals surface area contributed by atoms with Crippen molar-refractivity contribution in [3.63, 3.8) is 0 Å². The van der Waals surface area contributed by atoms with E-state index in [2.05, 4.69) is 28.9 Å². The fourth-order valence-corrected chi connectivity index (χ4v) is 4.14. The largest absolute Gasteiger partial charge is 0.343 e. The molecule has 0 bridgehead atoms. The summed E-state index contributed by atoms with van der Waals surface area (Å²) < 4.78 is 0. The summed E-state index contributed by atoms with van der Waals surface area (Å²) in [4.78, 5) is 14.3. The van der Waals surface area contributed by atoms with Crippen LogP contribution in [-0.4, -0.2) is 47.5 Å². The molecular formula is C15H28N2OS. The van der Waals surface area contributed by atoms with Gasteiger partial charge in [0.2, 0.25) is 5.91 Å². The van der Waals surface area contributed by atoms with E-state index in [0.717, 1.165) is 24.9 Å². The first-order valence-electron chi connectivity index (χ1n) is 7.88. The number of rotatable bonds is 5. The lowest BCUT2D eigenvalue weighted by Gasteiger charge is -2.23. The van der Waals surface area contributed by atoms with Gasteiger partial charge in [-0.3, -0.25) is 4.79 Å². The topological polar surface area (TPSA) is 32.3 Å². The number of hydrogen-bond acceptors (Lipinski definition) is 3. The zero-order valence-corrected chi connectivity index (χ0v) is 13.0. The van der Waals surface area contributed by atoms with E-state index >= 15 is 0 Å². The van der Waals surface area contributed by atoms with Gasteiger partial charge in [0.1, 0.15) is 0 Å². The minimum Gasteiger partial charge on any atom is -0.343 e. The summed E-state index contributed by atoms with van der Waals surface area (Å²) in [5.74, 6) is 1.66. The standard InChI is InChI=1S/C15H28N2OS/c1-13(16-12-14-7-6-10-19-14)11-15(18)17-8-4-2-3-5-9-17/h13-14,16H,2-12H2,1H3/t13-,14+/m0/s1. The Balaban J connectivity index is 1.65. The van der Waals surface area contributed by atoms with Gasteiger partial charge in [-0.2, -0.15) is 11.8 Å². The third-order valence-corrected chi connectivity index (χ3v) is 5.56. The Hall–Kier alpha value is -0.220. The molecule has 1 amide bonds. The average molecular weight is 284 g/mol. The van der Waals surface area contributed by atoms with Crippen LogP contribution in [0.25, 0.3) is 0 Å². The molecule has 0 spiro atoms. The number of nitrogens with one attached hydrogen (secondary N) is 1. The van der Waals surface area contributed by atoms with Gasteiger partial charge in [0.05, 0.1) is 0 Å². The van der Waals surface area contributed by atoms with Crippen molar-refractivity contribution >= 4 is 17.7 Å². The monoisotopic (exact) mass is 284 g/mol. The van der Waals surface area contributed by atoms with Crippen LogP contribution in [-0.2, 0) is 4.79 Å². The molecule has 0 unspecified atom stereocenters. The van der Waals surface area contributed by atoms with E-state index in [9.17, 15) is 4.79 Å². The lowest BCUT2D eigenvalue weighted by atomic mass is 10.2. The quantitative estimate of drug-likeness (QED) is 0.842. The van der Waals surface area contributed by atoms with Crippen molar-refractivity contribution < 1.29 is 4.79 Å². The van der Waals surface area contributed by atoms with Crippen molar-refractivity contribution in [3.8, 4) is 0 Å². The Morgan fingerprint density at radius 3 is 2.63 bits per heavy atom. The van der Waals surface area contributed by atoms with E-state index in [1.165, 1.54) is 44.3 Å². The highest BCUT2D eigenvalue weighted by atomic mass is 32.2. The predicted molar refractivity (Wildman–Crippen MR) is 82.6 cm³/mol. The fraction of sp³-hybridized carbons (Fsp3) is 0.933. The summed E-state index contributed by atoms with van der Waals surface area (Å²) in [5, 5.41) is 4.32. The molecule has 2 rings (SSSR count). The van der Waals surface area contributed by atoms with Crippen LogP contribution in [0.4, 0.5) is 0 Å². The Morgan fingerprint density at radius 2 is 2.00 bits per heavy atom. The van der Waals surface area contributed by atoms with Crippen molar-refractivity contribution in [3.05, 3.63) is 0 Å². The van der Waals surface area contributed by atoms with E-state index in [0.29, 0.717) is 18.4 Å². The van der Waals surface area contributed by atoms with Crippen molar-refractivity contribution in [2.45, 2.75) is 63.2 Å². The average Bonchev–Trinajstić information content (AvgIpc) is 2.76. The third kappa shape index (κ3) is 5.35. The van der Waals surface area contributed by atoms with Gasteiger partial charge in [0.25, 0.3) is 0 Å². The van der Waals surface area contributed by atoms with E-state index in [4.69, 9.17) is 0 Å². The minimum atomic E-state index is 0.317. The molecule has 2 aliphatic heterocycles. The van der Waals surface area contributed by atoms with Crippen molar-refractivity contribution in [2.24, 2.45) is 0 Å². The maximum Gasteiger partial charge on any atom is 0.224 e. The highest BCUT2D eigenvalue weighted by molar-refractivity contribution is 8.00. The summed E-state index contributed by atoms with van der Waals surface area (Å²) >= 11 is 2.08. The molecule has 2 heterocycles. The van der Waals surface area contributed by atoms with Gasteiger partial charge >= 0.3 is 0 Å². The number of hydrogen-bond donors (Lipinski definition) is 1. The van der Waals surface area contributed by atoms with Crippen LogP contribution in [0, 0.1) is 0 Å². The van der Waals surface area contributed by atoms with Gasteiger partial charge in [-0.05, 0) is 38.4 Å². The Bertz CT molecular complexity index is 271. The first-order valence-corrected chi connectivity index (χ1v) is 8.93. The molecule has 3 nitrogen and oxygen atoms in total. The maximum atomic E-state index is 12.2. The molecule has 2 atom stereocenters. The van der Waals surface area contributed by atoms with Crippen LogP contribution >= 0.6 is 11.8 Å². The van der Waals surface area contributed by atoms with E-state index < -0.39 is 0 Å². The number of carbonyl (C=O) groups excluding carboxylic acids is 1. The van der Waals surface area contributed by atoms with Gasteiger partial charge in [0.15, 0.2) is 0 Å². The molecule has 1 N–H and O–H groups in total. The maximum absolute atomic E-state index is 12.2. The highest BCUT2D eigenvalue weighted by Gasteiger charge is 2.20. The molecular weight excluding hydrogens is 256 g/mol. The van der Waals surface area contributed by atoms with Crippen LogP contribution < -0.4 is 5.32 Å². The molecule has 2 saturated heterocycles. The smallest absolute Gasteiger partial charge is 0.224 e. The van der Waals surface area contributed by atoms with Crippen molar-refractivity contribution in [2.75, 3.05) is 25.4 Å². The second-order valence-electron chi connectivity index (χ2n) is 5.94. The molecule has 0 aromatic carbocycles. The lowest BCUT2D eigenvalue weighted by molar-refractivity contribution is -0.131. The summed E-state index contributed by atoms with van der Waals surface area (Å²) in [5.41, 5.74) is 0. The summed E-state index contributed by atoms with van der Waals surface area (Å²) in [6, 6.07) is 0.317. The van der Waals surface area contributed by atoms with Gasteiger partial charge in [-0.1, -0.05) is 12.8 Å². The molecule has 19 heavy (non-hydrogen) atoms. The fourth-order valence-electron chi connectivity index (χ4n) is 2.92.